The number of anilines is 4. The molecule has 8 aliphatic rings. The van der Waals surface area contributed by atoms with Crippen LogP contribution < -0.4 is 42.5 Å². The molecule has 10 atom stereocenters. The van der Waals surface area contributed by atoms with Crippen molar-refractivity contribution in [2.24, 2.45) is 5.73 Å². The van der Waals surface area contributed by atoms with Crippen molar-refractivity contribution in [2.75, 3.05) is 39.1 Å². The normalized spacial score (nSPS) is 25.7. The quantitative estimate of drug-likeness (QED) is 0.0736. The maximum atomic E-state index is 14.6. The van der Waals surface area contributed by atoms with Gasteiger partial charge in [-0.3, -0.25) is 9.21 Å². The van der Waals surface area contributed by atoms with Crippen molar-refractivity contribution >= 4 is 69.4 Å². The highest BCUT2D eigenvalue weighted by Gasteiger charge is 2.65. The van der Waals surface area contributed by atoms with E-state index >= 15 is 0 Å². The number of benzene rings is 7. The van der Waals surface area contributed by atoms with Crippen molar-refractivity contribution in [3.05, 3.63) is 232 Å². The summed E-state index contributed by atoms with van der Waals surface area (Å²) in [6.07, 6.45) is 8.74. The molecule has 5 N–H and O–H groups in total. The average molecular weight is 1550 g/mol. The van der Waals surface area contributed by atoms with Gasteiger partial charge in [-0.2, -0.15) is 41.5 Å². The number of nitrogens with zero attached hydrogens (tertiary/aromatic N) is 7. The maximum absolute atomic E-state index is 14.6. The van der Waals surface area contributed by atoms with E-state index in [-0.39, 0.29) is 46.0 Å². The molecule has 5 aliphatic heterocycles. The lowest BCUT2D eigenvalue weighted by Crippen LogP contribution is -2.61. The molecule has 0 spiro atoms. The Hall–Kier alpha value is -9.23. The van der Waals surface area contributed by atoms with Crippen LogP contribution in [0, 0.1) is 34.3 Å². The molecule has 0 unspecified atom stereocenters. The second-order valence-electron chi connectivity index (χ2n) is 30.6. The van der Waals surface area contributed by atoms with Gasteiger partial charge in [-0.25, -0.2) is 34.7 Å². The number of sulfonamides is 2. The average Bonchev–Trinajstić information content (AvgIpc) is 1.53. The molecule has 1 amide bonds. The number of carbonyl (C=O) groups excluding carboxylic acids is 1. The lowest BCUT2D eigenvalue weighted by Gasteiger charge is -2.38. The smallest absolute Gasteiger partial charge is 0.412 e. The molecule has 7 aromatic carbocycles. The van der Waals surface area contributed by atoms with E-state index in [1.54, 1.807) is 81.4 Å². The summed E-state index contributed by atoms with van der Waals surface area (Å²) in [4.78, 5) is 18.6. The molecule has 1 saturated heterocycles. The minimum atomic E-state index is -5.02. The monoisotopic (exact) mass is 1550 g/mol. The van der Waals surface area contributed by atoms with Crippen molar-refractivity contribution in [1.29, 1.82) is 10.5 Å². The van der Waals surface area contributed by atoms with Gasteiger partial charge in [0.1, 0.15) is 29.4 Å². The van der Waals surface area contributed by atoms with Gasteiger partial charge in [0.15, 0.2) is 11.6 Å². The third-order valence-electron chi connectivity index (χ3n) is 22.0. The zero-order valence-corrected chi connectivity index (χ0v) is 64.8. The highest BCUT2D eigenvalue weighted by Crippen LogP contribution is 2.58. The van der Waals surface area contributed by atoms with Gasteiger partial charge in [-0.05, 0) is 177 Å². The molecule has 22 nitrogen and oxygen atoms in total. The third-order valence-corrected chi connectivity index (χ3v) is 27.9. The van der Waals surface area contributed by atoms with Gasteiger partial charge in [0.2, 0.25) is 5.75 Å². The molecule has 0 aromatic heterocycles. The minimum Gasteiger partial charge on any atom is -0.444 e. The van der Waals surface area contributed by atoms with Crippen molar-refractivity contribution in [2.45, 2.75) is 186 Å². The fourth-order valence-electron chi connectivity index (χ4n) is 18.0. The molecule has 0 radical (unpaired) electrons. The number of nitriles is 2. The third kappa shape index (κ3) is 13.4. The Morgan fingerprint density at radius 3 is 1.56 bits per heavy atom. The first kappa shape index (κ1) is 76.9. The van der Waals surface area contributed by atoms with Crippen LogP contribution in [0.2, 0.25) is 0 Å². The summed E-state index contributed by atoms with van der Waals surface area (Å²) in [6.45, 7) is 13.2. The first-order chi connectivity index (χ1) is 51.1. The predicted molar refractivity (Wildman–Crippen MR) is 410 cm³/mol. The fourth-order valence-corrected chi connectivity index (χ4v) is 24.3. The zero-order chi connectivity index (χ0) is 77.5. The van der Waals surface area contributed by atoms with Crippen LogP contribution >= 0.6 is 0 Å². The van der Waals surface area contributed by atoms with Crippen LogP contribution in [0.25, 0.3) is 0 Å². The van der Waals surface area contributed by atoms with E-state index in [0.29, 0.717) is 42.9 Å². The van der Waals surface area contributed by atoms with Crippen LogP contribution in [0.1, 0.15) is 158 Å². The Morgan fingerprint density at radius 2 is 1.00 bits per heavy atom. The van der Waals surface area contributed by atoms with E-state index < -0.39 is 110 Å². The number of rotatable bonds is 14. The molecular weight excluding hydrogens is 1460 g/mol. The molecule has 5 heterocycles. The first-order valence-electron chi connectivity index (χ1n) is 36.1. The SMILES string of the molecule is CC(C)(C)OC(=O)N1CC[C@]2(NS(=O)(=O)Oc3c(F)cccc3F)c3ccccc3N(S(=O)(=O)c3ccccc3)[C@H]12.CC(C)=C[C@H]1CCC[C@]2(N)c3c1cccc3N(C)[C@@H]2C#N.CC(C)=C[C@H]1CCC[C@]2(NS(=O)(=O)N[C@]34CCC[C@H]3N(S(=O)(=O)c3ccccc3)c3ccccc34)c3c1cccc3N(C)[C@@H]2C#N. The van der Waals surface area contributed by atoms with Crippen LogP contribution in [-0.4, -0.2) is 95.2 Å². The second-order valence-corrected chi connectivity index (χ2v) is 36.9. The van der Waals surface area contributed by atoms with E-state index in [4.69, 9.17) is 14.7 Å². The number of hydrogen-bond donors (Lipinski definition) is 4. The standard InChI is InChI=1S/C35H39N5O4S2.C27H27F2N3O7S2.C18H23N3/c1-24(2)22-25-12-10-21-35(32(23-36)39(3)30-18-9-15-27(25)33(30)35)38-46(43,44)37-34-20-11-19-31(34)40(29-17-8-7-16-28(29)34)45(41,42)26-13-5-4-6-14-26;1-26(2,3)38-25(33)31-17-16-27(30-41(36,37)39-23-20(28)13-9-14-21(23)29)19-12-7-8-15-22(19)32(24(27)31)40(34,35)18-10-5-4-6-11-18;1-12(2)10-13-6-5-9-18(20)16(11-19)21(3)15-8-4-7-14(13)17(15)18/h4-9,13-18,22,25,31-32,37-38H,10-12,19-21H2,1-3H3;4-15,24,30H,16-17H2,1-3H3;4,7-8,10,13,16H,5-6,9,20H2,1-3H3/t25-,31-,32-,34+,35-;24-,27-;13-,16-,18-/m101/s1. The van der Waals surface area contributed by atoms with Crippen molar-refractivity contribution < 1.29 is 56.2 Å². The van der Waals surface area contributed by atoms with Crippen molar-refractivity contribution in [3.8, 4) is 17.9 Å². The molecule has 3 aliphatic carbocycles. The molecule has 1 saturated carbocycles. The van der Waals surface area contributed by atoms with Crippen LogP contribution in [-0.2, 0) is 67.5 Å². The summed E-state index contributed by atoms with van der Waals surface area (Å²) in [5.74, 6) is -3.16. The molecule has 7 aromatic rings. The fraction of sp³-hybridized carbons (Fsp3) is 0.388. The minimum absolute atomic E-state index is 0.0985. The number of ether oxygens (including phenoxy) is 1. The van der Waals surface area contributed by atoms with Gasteiger partial charge in [0.25, 0.3) is 30.3 Å². The summed E-state index contributed by atoms with van der Waals surface area (Å²) in [5, 5.41) is 20.2. The number of halogens is 2. The number of para-hydroxylation sites is 3. The van der Waals surface area contributed by atoms with Gasteiger partial charge in [-0.15, -0.1) is 0 Å². The number of nitrogens with one attached hydrogen (secondary N) is 3. The summed E-state index contributed by atoms with van der Waals surface area (Å²) in [7, 11) is -13.9. The predicted octanol–water partition coefficient (Wildman–Crippen LogP) is 13.2. The van der Waals surface area contributed by atoms with Gasteiger partial charge < -0.3 is 24.5 Å². The summed E-state index contributed by atoms with van der Waals surface area (Å²) in [5.41, 5.74) is 11.5. The second kappa shape index (κ2) is 28.6. The van der Waals surface area contributed by atoms with Gasteiger partial charge in [0.05, 0.1) is 56.0 Å². The summed E-state index contributed by atoms with van der Waals surface area (Å²) < 4.78 is 162. The highest BCUT2D eigenvalue weighted by molar-refractivity contribution is 7.93. The van der Waals surface area contributed by atoms with E-state index in [1.807, 2.05) is 43.3 Å². The number of fused-ring (bicyclic) bond motifs is 6. The van der Waals surface area contributed by atoms with E-state index in [0.717, 1.165) is 82.0 Å². The zero-order valence-electron chi connectivity index (χ0n) is 61.6. The van der Waals surface area contributed by atoms with E-state index in [9.17, 15) is 57.8 Å². The van der Waals surface area contributed by atoms with E-state index in [2.05, 4.69) is 95.3 Å². The Kier molecular flexibility index (Phi) is 20.4. The molecule has 2 fully saturated rings. The Bertz CT molecular complexity index is 5310. The topological polar surface area (TPSA) is 298 Å². The van der Waals surface area contributed by atoms with Crippen molar-refractivity contribution in [1.82, 2.24) is 19.1 Å². The number of carbonyl (C=O) groups is 1. The highest BCUT2D eigenvalue weighted by atomic mass is 32.2. The van der Waals surface area contributed by atoms with Gasteiger partial charge in [-0.1, -0.05) is 139 Å². The lowest BCUT2D eigenvalue weighted by atomic mass is 9.81. The number of allylic oxidation sites excluding steroid dienone is 4. The van der Waals surface area contributed by atoms with Crippen LogP contribution in [0.5, 0.6) is 5.75 Å². The maximum Gasteiger partial charge on any atom is 0.412 e. The molecule has 28 heteroatoms. The largest absolute Gasteiger partial charge is 0.444 e. The van der Waals surface area contributed by atoms with Gasteiger partial charge in [0, 0.05) is 60.5 Å². The molecule has 568 valence electrons. The van der Waals surface area contributed by atoms with Crippen molar-refractivity contribution in [3.63, 3.8) is 0 Å². The van der Waals surface area contributed by atoms with Gasteiger partial charge >= 0.3 is 16.4 Å². The Labute approximate surface area is 632 Å². The lowest BCUT2D eigenvalue weighted by molar-refractivity contribution is 0.0210. The molecular formula is C80H89F2N11O11S4. The number of likely N-dealkylation sites (N-methyl/N-ethyl adjacent to an activating group) is 2. The molecule has 15 rings (SSSR count). The molecule has 108 heavy (non-hydrogen) atoms. The van der Waals surface area contributed by atoms with E-state index in [1.165, 1.54) is 63.0 Å². The molecule has 0 bridgehead atoms. The number of likely N-dealkylation sites (tertiary alicyclic amines) is 1. The first-order valence-corrected chi connectivity index (χ1v) is 41.9. The Balaban J connectivity index is 0.000000152. The van der Waals surface area contributed by atoms with Crippen LogP contribution in [0.15, 0.2) is 197 Å². The Morgan fingerprint density at radius 1 is 0.546 bits per heavy atom. The number of amides is 1. The summed E-state index contributed by atoms with van der Waals surface area (Å²) in [6, 6.07) is 47.4. The number of hydrogen-bond acceptors (Lipinski definition) is 16. The summed E-state index contributed by atoms with van der Waals surface area (Å²) >= 11 is 0. The number of nitrogens with two attached hydrogens (primary N) is 1. The van der Waals surface area contributed by atoms with Crippen LogP contribution in [0.3, 0.4) is 0 Å². The van der Waals surface area contributed by atoms with Crippen LogP contribution in [0.4, 0.5) is 36.3 Å².